The van der Waals surface area contributed by atoms with E-state index in [2.05, 4.69) is 39.8 Å². The molecule has 0 amide bonds. The molecule has 4 atom stereocenters. The first-order valence-corrected chi connectivity index (χ1v) is 15.0. The summed E-state index contributed by atoms with van der Waals surface area (Å²) in [5.41, 5.74) is 2.75. The number of hydrogen-bond donors (Lipinski definition) is 0. The summed E-state index contributed by atoms with van der Waals surface area (Å²) in [6.07, 6.45) is 11.2. The van der Waals surface area contributed by atoms with Crippen molar-refractivity contribution in [2.24, 2.45) is 17.3 Å². The van der Waals surface area contributed by atoms with Crippen molar-refractivity contribution in [2.45, 2.75) is 63.7 Å². The summed E-state index contributed by atoms with van der Waals surface area (Å²) < 4.78 is 0. The second kappa shape index (κ2) is 6.33. The summed E-state index contributed by atoms with van der Waals surface area (Å²) in [4.78, 5) is 0. The van der Waals surface area contributed by atoms with E-state index in [1.165, 1.54) is 25.7 Å². The van der Waals surface area contributed by atoms with Crippen molar-refractivity contribution >= 4 is 26.7 Å². The maximum absolute atomic E-state index is 4.89. The Morgan fingerprint density at radius 1 is 1.00 bits per heavy atom. The number of fused-ring (bicyclic) bond motifs is 2. The van der Waals surface area contributed by atoms with Crippen LogP contribution in [0.15, 0.2) is 0 Å². The van der Waals surface area contributed by atoms with Crippen molar-refractivity contribution in [1.29, 1.82) is 0 Å². The molecular weight excluding hydrogens is 327 g/mol. The Hall–Kier alpha value is 1.51. The van der Waals surface area contributed by atoms with E-state index in [0.29, 0.717) is 5.41 Å². The third-order valence-corrected chi connectivity index (χ3v) is 11.4. The Balaban J connectivity index is 0.000000408. The predicted octanol–water partition coefficient (Wildman–Crippen LogP) is 6.08. The van der Waals surface area contributed by atoms with Gasteiger partial charge in [0.25, 0.3) is 0 Å². The molecule has 0 spiro atoms. The molecule has 4 heteroatoms. The molecule has 0 aromatic heterocycles. The van der Waals surface area contributed by atoms with Gasteiger partial charge < -0.3 is 12.8 Å². The standard InChI is InChI=1S/C15H26Si.2ClH.Ti/c1-15(2)11-7-5-9-13(11)16(3,4)14-10-6-8-12(14)15;;;/h7-8,11-14H,5-6,9-10H2,1-4H3;2*1H;/q-2;;;+2/p-2. The van der Waals surface area contributed by atoms with Gasteiger partial charge >= 0.3 is 35.6 Å². The second-order valence-corrected chi connectivity index (χ2v) is 15.3. The molecule has 0 aromatic carbocycles. The molecule has 4 unspecified atom stereocenters. The molecule has 1 heterocycles. The van der Waals surface area contributed by atoms with Crippen molar-refractivity contribution in [3.05, 3.63) is 12.8 Å². The summed E-state index contributed by atoms with van der Waals surface area (Å²) >= 11 is -0.556. The summed E-state index contributed by atoms with van der Waals surface area (Å²) in [5, 5.41) is 0. The molecule has 3 aliphatic rings. The quantitative estimate of drug-likeness (QED) is 0.366. The van der Waals surface area contributed by atoms with Crippen LogP contribution in [0.3, 0.4) is 0 Å². The van der Waals surface area contributed by atoms with Crippen LogP contribution in [-0.4, -0.2) is 8.07 Å². The van der Waals surface area contributed by atoms with Crippen LogP contribution in [0.1, 0.15) is 39.5 Å². The van der Waals surface area contributed by atoms with Crippen LogP contribution in [0.5, 0.6) is 0 Å². The first kappa shape index (κ1) is 16.9. The average molecular weight is 353 g/mol. The van der Waals surface area contributed by atoms with Crippen LogP contribution < -0.4 is 0 Å². The Kier molecular flexibility index (Phi) is 5.62. The van der Waals surface area contributed by atoms with Crippen LogP contribution >= 0.6 is 18.6 Å². The van der Waals surface area contributed by atoms with Crippen LogP contribution in [0.25, 0.3) is 0 Å². The Morgan fingerprint density at radius 3 is 1.74 bits per heavy atom. The van der Waals surface area contributed by atoms with E-state index < -0.39 is 25.1 Å². The van der Waals surface area contributed by atoms with Crippen molar-refractivity contribution in [3.8, 4) is 0 Å². The first-order valence-electron chi connectivity index (χ1n) is 7.50. The van der Waals surface area contributed by atoms with Crippen molar-refractivity contribution in [1.82, 2.24) is 0 Å². The molecule has 3 fully saturated rings. The normalized spacial score (nSPS) is 41.8. The molecular formula is C15H26Cl2SiTi-2. The van der Waals surface area contributed by atoms with Gasteiger partial charge in [-0.1, -0.05) is 56.3 Å². The molecule has 19 heavy (non-hydrogen) atoms. The third kappa shape index (κ3) is 2.89. The van der Waals surface area contributed by atoms with E-state index in [-0.39, 0.29) is 0 Å². The molecule has 1 aliphatic heterocycles. The molecule has 0 N–H and O–H groups in total. The van der Waals surface area contributed by atoms with Gasteiger partial charge in [-0.15, -0.1) is 0 Å². The van der Waals surface area contributed by atoms with E-state index in [1.807, 2.05) is 0 Å². The number of halogens is 2. The van der Waals surface area contributed by atoms with E-state index >= 15 is 0 Å². The Bertz CT molecular complexity index is 265. The summed E-state index contributed by atoms with van der Waals surface area (Å²) in [7, 11) is 8.78. The molecule has 0 nitrogen and oxygen atoms in total. The van der Waals surface area contributed by atoms with Crippen LogP contribution in [0, 0.1) is 30.1 Å². The monoisotopic (exact) mass is 352 g/mol. The van der Waals surface area contributed by atoms with E-state index in [0.717, 1.165) is 22.9 Å². The average Bonchev–Trinajstić information content (AvgIpc) is 2.99. The van der Waals surface area contributed by atoms with Crippen LogP contribution in [-0.2, 0) is 17.0 Å². The summed E-state index contributed by atoms with van der Waals surface area (Å²) in [5.74, 6) is 1.87. The van der Waals surface area contributed by atoms with E-state index in [1.54, 1.807) is 0 Å². The van der Waals surface area contributed by atoms with Gasteiger partial charge in [0.05, 0.1) is 0 Å². The zero-order chi connectivity index (χ0) is 14.3. The summed E-state index contributed by atoms with van der Waals surface area (Å²) in [6, 6.07) is 0. The summed E-state index contributed by atoms with van der Waals surface area (Å²) in [6.45, 7) is 10.5. The van der Waals surface area contributed by atoms with Gasteiger partial charge in [-0.2, -0.15) is 24.7 Å². The topological polar surface area (TPSA) is 0 Å². The van der Waals surface area contributed by atoms with Gasteiger partial charge in [0.2, 0.25) is 0 Å². The van der Waals surface area contributed by atoms with Gasteiger partial charge in [-0.3, -0.25) is 0 Å². The minimum absolute atomic E-state index is 0.556. The predicted molar refractivity (Wildman–Crippen MR) is 84.5 cm³/mol. The van der Waals surface area contributed by atoms with Crippen molar-refractivity contribution < 1.29 is 17.0 Å². The molecule has 0 aromatic rings. The SMILES string of the molecule is CC1(C)C2[CH-]CCC2[Si](C)(C)C2CC[CH-]C21.[Cl][Ti][Cl]. The van der Waals surface area contributed by atoms with Gasteiger partial charge in [0.15, 0.2) is 0 Å². The molecule has 110 valence electrons. The minimum atomic E-state index is -1.00. The van der Waals surface area contributed by atoms with Crippen molar-refractivity contribution in [2.75, 3.05) is 0 Å². The zero-order valence-electron chi connectivity index (χ0n) is 12.5. The number of rotatable bonds is 0. The van der Waals surface area contributed by atoms with Crippen molar-refractivity contribution in [3.63, 3.8) is 0 Å². The van der Waals surface area contributed by atoms with Gasteiger partial charge in [0, 0.05) is 8.07 Å². The zero-order valence-corrected chi connectivity index (χ0v) is 16.6. The Morgan fingerprint density at radius 2 is 1.37 bits per heavy atom. The molecule has 0 bridgehead atoms. The molecule has 1 saturated heterocycles. The third-order valence-electron chi connectivity index (χ3n) is 6.29. The fraction of sp³-hybridized carbons (Fsp3) is 0.867. The fourth-order valence-corrected chi connectivity index (χ4v) is 10.8. The first-order chi connectivity index (χ1) is 8.87. The molecule has 0 radical (unpaired) electrons. The van der Waals surface area contributed by atoms with Gasteiger partial charge in [-0.05, 0) is 0 Å². The molecule has 2 saturated carbocycles. The van der Waals surface area contributed by atoms with Gasteiger partial charge in [-0.25, -0.2) is 0 Å². The number of hydrogen-bond acceptors (Lipinski definition) is 0. The fourth-order valence-electron chi connectivity index (χ4n) is 5.41. The molecule has 2 aliphatic carbocycles. The maximum atomic E-state index is 4.89. The second-order valence-electron chi connectivity index (χ2n) is 7.60. The molecule has 3 rings (SSSR count). The van der Waals surface area contributed by atoms with Gasteiger partial charge in [0.1, 0.15) is 0 Å². The van der Waals surface area contributed by atoms with E-state index in [4.69, 9.17) is 18.6 Å². The van der Waals surface area contributed by atoms with E-state index in [9.17, 15) is 0 Å². The Labute approximate surface area is 137 Å². The van der Waals surface area contributed by atoms with Crippen LogP contribution in [0.2, 0.25) is 24.2 Å². The van der Waals surface area contributed by atoms with Crippen LogP contribution in [0.4, 0.5) is 0 Å².